The Hall–Kier alpha value is -3.53. The average Bonchev–Trinajstić information content (AvgIpc) is 3.28. The Morgan fingerprint density at radius 3 is 1.29 bits per heavy atom. The molecule has 9 heteroatoms. The lowest BCUT2D eigenvalue weighted by molar-refractivity contribution is -0.870. The van der Waals surface area contributed by atoms with E-state index in [1.807, 2.05) is 21.1 Å². The number of unbranched alkanes of at least 4 members (excludes halogenated alkanes) is 18. The molecule has 0 aliphatic heterocycles. The fourth-order valence-electron chi connectivity index (χ4n) is 6.87. The van der Waals surface area contributed by atoms with Crippen molar-refractivity contribution in [2.24, 2.45) is 0 Å². The molecule has 0 spiro atoms. The minimum Gasteiger partial charge on any atom is -0.545 e. The van der Waals surface area contributed by atoms with Gasteiger partial charge < -0.3 is 33.3 Å². The molecule has 0 amide bonds. The van der Waals surface area contributed by atoms with Gasteiger partial charge in [0.05, 0.1) is 40.3 Å². The SMILES string of the molecule is CC/C=C\C/C=C\C/C=C\C/C=C\C/C=C\C/C=C\C/C=C\CCCCCC(=O)OC(COC(=O)CCCCCCCCCCCCCCCCCC)COC(OCC[N+](C)(C)C)C(=O)[O-]. The van der Waals surface area contributed by atoms with Crippen LogP contribution in [0.4, 0.5) is 0 Å². The van der Waals surface area contributed by atoms with E-state index in [1.54, 1.807) is 0 Å². The molecule has 0 saturated heterocycles. The van der Waals surface area contributed by atoms with Crippen LogP contribution in [0.25, 0.3) is 0 Å². The van der Waals surface area contributed by atoms with E-state index in [2.05, 4.69) is 98.9 Å². The Bertz CT molecular complexity index is 1350. The average molecular weight is 924 g/mol. The maximum absolute atomic E-state index is 12.8. The number of hydrogen-bond acceptors (Lipinski definition) is 8. The minimum absolute atomic E-state index is 0.137. The van der Waals surface area contributed by atoms with Crippen LogP contribution in [-0.2, 0) is 33.3 Å². The molecule has 0 fully saturated rings. The molecule has 0 aliphatic carbocycles. The van der Waals surface area contributed by atoms with Crippen molar-refractivity contribution in [2.75, 3.05) is 47.5 Å². The standard InChI is InChI=1S/C57H97NO8/c1-6-8-10-12-14-16-18-20-22-24-25-26-27-28-29-30-31-32-34-36-38-40-42-44-46-48-55(60)66-53(52-65-57(56(61)62)63-50-49-58(3,4)5)51-64-54(59)47-45-43-41-39-37-35-33-23-21-19-17-15-13-11-9-7-2/h8,10,14,16,20,22,25-26,28-29,31-32,36,38,53,57H,6-7,9,11-13,15,17-19,21,23-24,27,30,33-35,37,39-52H2,1-5H3/b10-8-,16-14-,22-20-,26-25-,29-28-,32-31-,38-36-. The normalized spacial score (nSPS) is 13.5. The Morgan fingerprint density at radius 2 is 0.864 bits per heavy atom. The van der Waals surface area contributed by atoms with Crippen LogP contribution in [0.2, 0.25) is 0 Å². The van der Waals surface area contributed by atoms with Crippen LogP contribution in [0.5, 0.6) is 0 Å². The molecular formula is C57H97NO8. The minimum atomic E-state index is -1.63. The fourth-order valence-corrected chi connectivity index (χ4v) is 6.87. The van der Waals surface area contributed by atoms with Crippen LogP contribution in [0.1, 0.15) is 200 Å². The summed E-state index contributed by atoms with van der Waals surface area (Å²) in [7, 11) is 5.90. The highest BCUT2D eigenvalue weighted by atomic mass is 16.7. The Labute approximate surface area is 404 Å². The van der Waals surface area contributed by atoms with Gasteiger partial charge in [0.2, 0.25) is 0 Å². The second-order valence-electron chi connectivity index (χ2n) is 18.4. The van der Waals surface area contributed by atoms with Crippen molar-refractivity contribution in [3.8, 4) is 0 Å². The van der Waals surface area contributed by atoms with Gasteiger partial charge in [0.1, 0.15) is 13.2 Å². The molecule has 0 aromatic rings. The summed E-state index contributed by atoms with van der Waals surface area (Å²) in [6.07, 6.45) is 59.0. The summed E-state index contributed by atoms with van der Waals surface area (Å²) in [4.78, 5) is 37.2. The van der Waals surface area contributed by atoms with Gasteiger partial charge in [-0.3, -0.25) is 9.59 Å². The summed E-state index contributed by atoms with van der Waals surface area (Å²) in [6.45, 7) is 4.59. The summed E-state index contributed by atoms with van der Waals surface area (Å²) in [5, 5.41) is 11.7. The molecule has 0 aliphatic rings. The topological polar surface area (TPSA) is 111 Å². The highest BCUT2D eigenvalue weighted by Crippen LogP contribution is 2.15. The third kappa shape index (κ3) is 48.4. The Balaban J connectivity index is 4.42. The molecule has 0 radical (unpaired) electrons. The lowest BCUT2D eigenvalue weighted by atomic mass is 10.0. The van der Waals surface area contributed by atoms with Gasteiger partial charge in [-0.25, -0.2) is 0 Å². The highest BCUT2D eigenvalue weighted by molar-refractivity contribution is 5.70. The molecule has 0 rings (SSSR count). The zero-order valence-electron chi connectivity index (χ0n) is 42.8. The van der Waals surface area contributed by atoms with E-state index in [0.717, 1.165) is 83.5 Å². The van der Waals surface area contributed by atoms with E-state index >= 15 is 0 Å². The number of quaternary nitrogens is 1. The van der Waals surface area contributed by atoms with Crippen LogP contribution in [0, 0.1) is 0 Å². The first-order valence-electron chi connectivity index (χ1n) is 26.2. The number of carboxylic acid groups (broad SMARTS) is 1. The number of esters is 2. The van der Waals surface area contributed by atoms with Crippen molar-refractivity contribution in [1.82, 2.24) is 0 Å². The van der Waals surface area contributed by atoms with Crippen LogP contribution in [0.15, 0.2) is 85.1 Å². The zero-order valence-corrected chi connectivity index (χ0v) is 42.8. The molecule has 0 bridgehead atoms. The van der Waals surface area contributed by atoms with E-state index in [0.29, 0.717) is 17.4 Å². The predicted octanol–water partition coefficient (Wildman–Crippen LogP) is 13.5. The third-order valence-electron chi connectivity index (χ3n) is 10.9. The first-order valence-corrected chi connectivity index (χ1v) is 26.2. The van der Waals surface area contributed by atoms with Crippen LogP contribution in [0.3, 0.4) is 0 Å². The maximum atomic E-state index is 12.8. The molecular weight excluding hydrogens is 827 g/mol. The number of rotatable bonds is 47. The molecule has 0 aromatic heterocycles. The molecule has 378 valence electrons. The lowest BCUT2D eigenvalue weighted by Gasteiger charge is -2.26. The molecule has 9 nitrogen and oxygen atoms in total. The third-order valence-corrected chi connectivity index (χ3v) is 10.9. The number of carbonyl (C=O) groups is 3. The number of likely N-dealkylation sites (N-methyl/N-ethyl adjacent to an activating group) is 1. The summed E-state index contributed by atoms with van der Waals surface area (Å²) in [5.41, 5.74) is 0. The van der Waals surface area contributed by atoms with Crippen molar-refractivity contribution in [3.05, 3.63) is 85.1 Å². The van der Waals surface area contributed by atoms with Gasteiger partial charge >= 0.3 is 11.9 Å². The van der Waals surface area contributed by atoms with Crippen molar-refractivity contribution in [2.45, 2.75) is 212 Å². The molecule has 66 heavy (non-hydrogen) atoms. The van der Waals surface area contributed by atoms with Crippen LogP contribution in [-0.4, -0.2) is 82.3 Å². The van der Waals surface area contributed by atoms with E-state index in [-0.39, 0.29) is 38.6 Å². The summed E-state index contributed by atoms with van der Waals surface area (Å²) in [5.74, 6) is -2.33. The van der Waals surface area contributed by atoms with Gasteiger partial charge in [-0.1, -0.05) is 202 Å². The highest BCUT2D eigenvalue weighted by Gasteiger charge is 2.21. The number of allylic oxidation sites excluding steroid dienone is 14. The number of carbonyl (C=O) groups excluding carboxylic acids is 3. The zero-order chi connectivity index (χ0) is 48.4. The number of nitrogens with zero attached hydrogens (tertiary/aromatic N) is 1. The molecule has 2 atom stereocenters. The summed E-state index contributed by atoms with van der Waals surface area (Å²) >= 11 is 0. The fraction of sp³-hybridized carbons (Fsp3) is 0.702. The number of hydrogen-bond donors (Lipinski definition) is 0. The van der Waals surface area contributed by atoms with Gasteiger partial charge in [-0.15, -0.1) is 0 Å². The van der Waals surface area contributed by atoms with E-state index in [9.17, 15) is 19.5 Å². The summed E-state index contributed by atoms with van der Waals surface area (Å²) in [6, 6.07) is 0. The first-order chi connectivity index (χ1) is 32.1. The number of aliphatic carboxylic acids is 1. The monoisotopic (exact) mass is 924 g/mol. The summed E-state index contributed by atoms with van der Waals surface area (Å²) < 4.78 is 22.6. The largest absolute Gasteiger partial charge is 0.545 e. The van der Waals surface area contributed by atoms with Gasteiger partial charge in [0.15, 0.2) is 12.4 Å². The second-order valence-corrected chi connectivity index (χ2v) is 18.4. The maximum Gasteiger partial charge on any atom is 0.306 e. The smallest absolute Gasteiger partial charge is 0.306 e. The van der Waals surface area contributed by atoms with Crippen LogP contribution < -0.4 is 5.11 Å². The van der Waals surface area contributed by atoms with Crippen molar-refractivity contribution >= 4 is 17.9 Å². The lowest BCUT2D eigenvalue weighted by Crippen LogP contribution is -2.44. The second kappa shape index (κ2) is 47.9. The van der Waals surface area contributed by atoms with E-state index < -0.39 is 24.3 Å². The quantitative estimate of drug-likeness (QED) is 0.0195. The van der Waals surface area contributed by atoms with Crippen LogP contribution >= 0.6 is 0 Å². The van der Waals surface area contributed by atoms with Crippen molar-refractivity contribution in [3.63, 3.8) is 0 Å². The first kappa shape index (κ1) is 62.5. The Morgan fingerprint density at radius 1 is 0.470 bits per heavy atom. The van der Waals surface area contributed by atoms with Gasteiger partial charge in [0, 0.05) is 12.8 Å². The van der Waals surface area contributed by atoms with Gasteiger partial charge in [-0.05, 0) is 70.6 Å². The number of carboxylic acids is 1. The van der Waals surface area contributed by atoms with Gasteiger partial charge in [0.25, 0.3) is 0 Å². The Kier molecular flexibility index (Phi) is 45.4. The molecule has 2 unspecified atom stereocenters. The van der Waals surface area contributed by atoms with E-state index in [4.69, 9.17) is 18.9 Å². The molecule has 0 heterocycles. The number of ether oxygens (including phenoxy) is 4. The molecule has 0 saturated carbocycles. The van der Waals surface area contributed by atoms with Crippen molar-refractivity contribution < 1.29 is 42.9 Å². The molecule has 0 N–H and O–H groups in total. The molecule has 0 aromatic carbocycles. The van der Waals surface area contributed by atoms with Gasteiger partial charge in [-0.2, -0.15) is 0 Å². The van der Waals surface area contributed by atoms with E-state index in [1.165, 1.54) is 83.5 Å². The predicted molar refractivity (Wildman–Crippen MR) is 274 cm³/mol. The van der Waals surface area contributed by atoms with Crippen molar-refractivity contribution in [1.29, 1.82) is 0 Å².